The molecule has 0 saturated heterocycles. The predicted molar refractivity (Wildman–Crippen MR) is 36.4 cm³/mol. The van der Waals surface area contributed by atoms with Crippen molar-refractivity contribution in [2.45, 2.75) is 0 Å². The lowest BCUT2D eigenvalue weighted by atomic mass is 10.7. The van der Waals surface area contributed by atoms with Crippen LogP contribution in [0.5, 0.6) is 0 Å². The zero-order valence-corrected chi connectivity index (χ0v) is 5.84. The first kappa shape index (κ1) is 9.55. The third-order valence-corrected chi connectivity index (χ3v) is 0.795. The molecule has 0 atom stereocenters. The Kier molecular flexibility index (Phi) is 8.17. The molecular weight excluding hydrogens is 134 g/mol. The Hall–Kier alpha value is -0.450. The van der Waals surface area contributed by atoms with E-state index in [1.165, 1.54) is 0 Å². The van der Waals surface area contributed by atoms with Crippen molar-refractivity contribution in [2.24, 2.45) is 5.73 Å². The van der Waals surface area contributed by atoms with Crippen molar-refractivity contribution in [3.8, 4) is 0 Å². The SMILES string of the molecule is NCCOCCOC[C]=O. The van der Waals surface area contributed by atoms with Crippen LogP contribution in [-0.2, 0) is 14.3 Å². The van der Waals surface area contributed by atoms with E-state index in [2.05, 4.69) is 0 Å². The third-order valence-electron chi connectivity index (χ3n) is 0.795. The lowest BCUT2D eigenvalue weighted by molar-refractivity contribution is 0.0649. The number of rotatable bonds is 7. The molecule has 0 aliphatic heterocycles. The molecule has 0 aromatic carbocycles. The second-order valence-corrected chi connectivity index (χ2v) is 1.60. The van der Waals surface area contributed by atoms with Gasteiger partial charge in [0.15, 0.2) is 0 Å². The molecule has 0 saturated carbocycles. The van der Waals surface area contributed by atoms with Gasteiger partial charge >= 0.3 is 0 Å². The van der Waals surface area contributed by atoms with Crippen LogP contribution in [0.2, 0.25) is 0 Å². The first-order valence-corrected chi connectivity index (χ1v) is 3.12. The normalized spacial score (nSPS) is 9.70. The summed E-state index contributed by atoms with van der Waals surface area (Å²) < 4.78 is 9.69. The van der Waals surface area contributed by atoms with Crippen LogP contribution in [0.25, 0.3) is 0 Å². The fraction of sp³-hybridized carbons (Fsp3) is 0.833. The summed E-state index contributed by atoms with van der Waals surface area (Å²) in [5.74, 6) is 0. The largest absolute Gasteiger partial charge is 0.378 e. The lowest BCUT2D eigenvalue weighted by Gasteiger charge is -2.00. The van der Waals surface area contributed by atoms with Crippen molar-refractivity contribution in [2.75, 3.05) is 33.0 Å². The summed E-state index contributed by atoms with van der Waals surface area (Å²) in [5, 5.41) is 0. The highest BCUT2D eigenvalue weighted by atomic mass is 16.5. The smallest absolute Gasteiger partial charge is 0.226 e. The molecule has 0 heterocycles. The summed E-state index contributed by atoms with van der Waals surface area (Å²) in [6.07, 6.45) is 1.61. The highest BCUT2D eigenvalue weighted by molar-refractivity contribution is 5.51. The minimum absolute atomic E-state index is 0.0198. The van der Waals surface area contributed by atoms with E-state index >= 15 is 0 Å². The zero-order chi connectivity index (χ0) is 7.66. The molecule has 4 heteroatoms. The van der Waals surface area contributed by atoms with Crippen LogP contribution in [0.15, 0.2) is 0 Å². The van der Waals surface area contributed by atoms with E-state index in [0.717, 1.165) is 0 Å². The molecule has 4 nitrogen and oxygen atoms in total. The molecule has 0 aromatic heterocycles. The van der Waals surface area contributed by atoms with Gasteiger partial charge in [0.2, 0.25) is 6.29 Å². The average molecular weight is 146 g/mol. The molecule has 0 amide bonds. The highest BCUT2D eigenvalue weighted by Crippen LogP contribution is 1.74. The molecule has 10 heavy (non-hydrogen) atoms. The number of hydrogen-bond donors (Lipinski definition) is 1. The van der Waals surface area contributed by atoms with E-state index in [1.54, 1.807) is 6.29 Å². The molecule has 0 fully saturated rings. The summed E-state index contributed by atoms with van der Waals surface area (Å²) in [6.45, 7) is 1.98. The summed E-state index contributed by atoms with van der Waals surface area (Å²) in [7, 11) is 0. The molecule has 59 valence electrons. The Bertz CT molecular complexity index is 77.4. The molecule has 0 aromatic rings. The molecule has 0 aliphatic rings. The van der Waals surface area contributed by atoms with Gasteiger partial charge in [-0.05, 0) is 0 Å². The Morgan fingerprint density at radius 2 is 1.90 bits per heavy atom. The van der Waals surface area contributed by atoms with Gasteiger partial charge in [0.1, 0.15) is 6.61 Å². The van der Waals surface area contributed by atoms with Gasteiger partial charge in [0.25, 0.3) is 0 Å². The van der Waals surface area contributed by atoms with Gasteiger partial charge < -0.3 is 15.2 Å². The summed E-state index contributed by atoms with van der Waals surface area (Å²) in [4.78, 5) is 9.58. The van der Waals surface area contributed by atoms with Crippen LogP contribution >= 0.6 is 0 Å². The van der Waals surface area contributed by atoms with Crippen LogP contribution in [-0.4, -0.2) is 39.3 Å². The topological polar surface area (TPSA) is 61.6 Å². The maximum absolute atomic E-state index is 9.58. The van der Waals surface area contributed by atoms with E-state index in [1.807, 2.05) is 0 Å². The highest BCUT2D eigenvalue weighted by Gasteiger charge is 1.86. The Morgan fingerprint density at radius 1 is 1.20 bits per heavy atom. The first-order valence-electron chi connectivity index (χ1n) is 3.12. The molecule has 0 bridgehead atoms. The van der Waals surface area contributed by atoms with Crippen molar-refractivity contribution in [1.29, 1.82) is 0 Å². The van der Waals surface area contributed by atoms with E-state index in [4.69, 9.17) is 15.2 Å². The van der Waals surface area contributed by atoms with E-state index in [0.29, 0.717) is 26.4 Å². The molecule has 0 spiro atoms. The zero-order valence-electron chi connectivity index (χ0n) is 5.84. The molecular formula is C6H12NO3. The van der Waals surface area contributed by atoms with Gasteiger partial charge in [-0.25, -0.2) is 0 Å². The first-order chi connectivity index (χ1) is 4.91. The second kappa shape index (κ2) is 8.55. The summed E-state index contributed by atoms with van der Waals surface area (Å²) in [6, 6.07) is 0. The minimum Gasteiger partial charge on any atom is -0.378 e. The van der Waals surface area contributed by atoms with Crippen molar-refractivity contribution in [3.05, 3.63) is 0 Å². The second-order valence-electron chi connectivity index (χ2n) is 1.60. The quantitative estimate of drug-likeness (QED) is 0.472. The predicted octanol–water partition coefficient (Wildman–Crippen LogP) is -0.912. The molecule has 2 N–H and O–H groups in total. The van der Waals surface area contributed by atoms with Crippen LogP contribution in [0.4, 0.5) is 0 Å². The number of carbonyl (C=O) groups excluding carboxylic acids is 1. The maximum Gasteiger partial charge on any atom is 0.226 e. The standard InChI is InChI=1S/C6H12NO3/c7-1-3-9-5-6-10-4-2-8/h1,3-7H2. The van der Waals surface area contributed by atoms with Crippen LogP contribution in [0.3, 0.4) is 0 Å². The minimum atomic E-state index is 0.0198. The van der Waals surface area contributed by atoms with Crippen molar-refractivity contribution in [1.82, 2.24) is 0 Å². The number of ether oxygens (including phenoxy) is 2. The Labute approximate surface area is 60.3 Å². The molecule has 0 unspecified atom stereocenters. The van der Waals surface area contributed by atoms with Gasteiger partial charge in [-0.15, -0.1) is 0 Å². The maximum atomic E-state index is 9.58. The molecule has 1 radical (unpaired) electrons. The van der Waals surface area contributed by atoms with Gasteiger partial charge in [-0.3, -0.25) is 4.79 Å². The molecule has 0 aliphatic carbocycles. The van der Waals surface area contributed by atoms with Gasteiger partial charge in [0.05, 0.1) is 19.8 Å². The lowest BCUT2D eigenvalue weighted by Crippen LogP contribution is -2.12. The van der Waals surface area contributed by atoms with Crippen molar-refractivity contribution >= 4 is 6.29 Å². The Balaban J connectivity index is 2.70. The van der Waals surface area contributed by atoms with E-state index < -0.39 is 0 Å². The Morgan fingerprint density at radius 3 is 2.50 bits per heavy atom. The van der Waals surface area contributed by atoms with Crippen LogP contribution in [0, 0.1) is 0 Å². The van der Waals surface area contributed by atoms with E-state index in [-0.39, 0.29) is 6.61 Å². The monoisotopic (exact) mass is 146 g/mol. The number of hydrogen-bond acceptors (Lipinski definition) is 4. The van der Waals surface area contributed by atoms with Gasteiger partial charge in [-0.1, -0.05) is 0 Å². The van der Waals surface area contributed by atoms with E-state index in [9.17, 15) is 4.79 Å². The van der Waals surface area contributed by atoms with Gasteiger partial charge in [-0.2, -0.15) is 0 Å². The fourth-order valence-corrected chi connectivity index (χ4v) is 0.417. The fourth-order valence-electron chi connectivity index (χ4n) is 0.417. The average Bonchev–Trinajstić information content (AvgIpc) is 1.97. The van der Waals surface area contributed by atoms with Crippen LogP contribution in [0.1, 0.15) is 0 Å². The number of nitrogens with two attached hydrogens (primary N) is 1. The van der Waals surface area contributed by atoms with Crippen molar-refractivity contribution in [3.63, 3.8) is 0 Å². The third kappa shape index (κ3) is 7.55. The van der Waals surface area contributed by atoms with Crippen molar-refractivity contribution < 1.29 is 14.3 Å². The van der Waals surface area contributed by atoms with Gasteiger partial charge in [0, 0.05) is 6.54 Å². The summed E-state index contributed by atoms with van der Waals surface area (Å²) in [5.41, 5.74) is 5.14. The molecule has 0 rings (SSSR count). The van der Waals surface area contributed by atoms with Crippen LogP contribution < -0.4 is 5.73 Å². The summed E-state index contributed by atoms with van der Waals surface area (Å²) >= 11 is 0.